The van der Waals surface area contributed by atoms with Crippen LogP contribution in [-0.2, 0) is 0 Å². The zero-order chi connectivity index (χ0) is 14.8. The summed E-state index contributed by atoms with van der Waals surface area (Å²) in [7, 11) is 0. The Hall–Kier alpha value is -0.900. The van der Waals surface area contributed by atoms with Crippen LogP contribution in [0.5, 0.6) is 0 Å². The summed E-state index contributed by atoms with van der Waals surface area (Å²) in [5.74, 6) is 1.46. The molecule has 0 amide bonds. The second-order valence-corrected chi connectivity index (χ2v) is 7.37. The fraction of sp³-hybridized carbons (Fsp3) is 0.368. The lowest BCUT2D eigenvalue weighted by Gasteiger charge is -2.26. The van der Waals surface area contributed by atoms with E-state index in [2.05, 4.69) is 31.2 Å². The van der Waals surface area contributed by atoms with Crippen molar-refractivity contribution in [3.8, 4) is 11.1 Å². The van der Waals surface area contributed by atoms with Gasteiger partial charge in [0.25, 0.3) is 0 Å². The zero-order valence-corrected chi connectivity index (χ0v) is 14.4. The molecule has 0 N–H and O–H groups in total. The molecule has 0 aromatic heterocycles. The Balaban J connectivity index is 1.79. The molecule has 0 atom stereocenters. The molecule has 1 aliphatic rings. The first-order chi connectivity index (χ1) is 10.1. The summed E-state index contributed by atoms with van der Waals surface area (Å²) in [5.41, 5.74) is 3.49. The molecule has 1 aliphatic carbocycles. The first-order valence-corrected chi connectivity index (χ1v) is 8.77. The molecule has 0 radical (unpaired) electrons. The molecule has 0 heterocycles. The summed E-state index contributed by atoms with van der Waals surface area (Å²) < 4.78 is 14.3. The van der Waals surface area contributed by atoms with Crippen LogP contribution in [-0.4, -0.2) is 0 Å². The van der Waals surface area contributed by atoms with Crippen molar-refractivity contribution in [1.82, 2.24) is 0 Å². The fourth-order valence-electron chi connectivity index (χ4n) is 3.22. The van der Waals surface area contributed by atoms with Gasteiger partial charge in [0.2, 0.25) is 0 Å². The van der Waals surface area contributed by atoms with Gasteiger partial charge in [-0.1, -0.05) is 50.1 Å². The van der Waals surface area contributed by atoms with Crippen LogP contribution in [0.2, 0.25) is 0 Å². The van der Waals surface area contributed by atoms with Gasteiger partial charge in [-0.15, -0.1) is 0 Å². The molecule has 0 aliphatic heterocycles. The molecule has 21 heavy (non-hydrogen) atoms. The highest BCUT2D eigenvalue weighted by molar-refractivity contribution is 14.1. The minimum Gasteiger partial charge on any atom is -0.206 e. The molecule has 2 aromatic rings. The van der Waals surface area contributed by atoms with E-state index >= 15 is 0 Å². The Bertz CT molecular complexity index is 610. The van der Waals surface area contributed by atoms with Gasteiger partial charge in [-0.2, -0.15) is 0 Å². The molecule has 0 bridgehead atoms. The number of hydrogen-bond donors (Lipinski definition) is 0. The standard InChI is InChI=1S/C19H20FI/c1-13-2-4-14(5-3-13)15-6-8-16(9-7-15)17-10-11-19(21)18(20)12-17/h6-14H,2-5H2,1H3. The molecule has 0 nitrogen and oxygen atoms in total. The second-order valence-electron chi connectivity index (χ2n) is 6.21. The Morgan fingerprint density at radius 2 is 1.52 bits per heavy atom. The molecular formula is C19H20FI. The minimum absolute atomic E-state index is 0.140. The van der Waals surface area contributed by atoms with Gasteiger partial charge in [-0.05, 0) is 76.1 Å². The van der Waals surface area contributed by atoms with Crippen molar-refractivity contribution in [1.29, 1.82) is 0 Å². The summed E-state index contributed by atoms with van der Waals surface area (Å²) in [6.45, 7) is 2.35. The van der Waals surface area contributed by atoms with Gasteiger partial charge in [0.05, 0.1) is 0 Å². The van der Waals surface area contributed by atoms with Gasteiger partial charge in [0.1, 0.15) is 5.82 Å². The Morgan fingerprint density at radius 3 is 2.14 bits per heavy atom. The second kappa shape index (κ2) is 6.47. The molecule has 110 valence electrons. The summed E-state index contributed by atoms with van der Waals surface area (Å²) in [5, 5.41) is 0. The van der Waals surface area contributed by atoms with Gasteiger partial charge >= 0.3 is 0 Å². The zero-order valence-electron chi connectivity index (χ0n) is 12.3. The van der Waals surface area contributed by atoms with Crippen LogP contribution in [0.25, 0.3) is 11.1 Å². The first kappa shape index (κ1) is 15.0. The lowest BCUT2D eigenvalue weighted by molar-refractivity contribution is 0.348. The predicted molar refractivity (Wildman–Crippen MR) is 94.9 cm³/mol. The molecule has 3 rings (SSSR count). The topological polar surface area (TPSA) is 0 Å². The third-order valence-corrected chi connectivity index (χ3v) is 5.53. The van der Waals surface area contributed by atoms with Crippen molar-refractivity contribution >= 4 is 22.6 Å². The SMILES string of the molecule is CC1CCC(c2ccc(-c3ccc(I)c(F)c3)cc2)CC1. The Kier molecular flexibility index (Phi) is 4.63. The molecule has 1 fully saturated rings. The number of rotatable bonds is 2. The van der Waals surface area contributed by atoms with Crippen molar-refractivity contribution in [2.24, 2.45) is 5.92 Å². The smallest absolute Gasteiger partial charge is 0.137 e. The molecule has 0 spiro atoms. The lowest BCUT2D eigenvalue weighted by atomic mass is 9.79. The quantitative estimate of drug-likeness (QED) is 0.518. The fourth-order valence-corrected chi connectivity index (χ4v) is 3.55. The number of hydrogen-bond acceptors (Lipinski definition) is 0. The summed E-state index contributed by atoms with van der Waals surface area (Å²) in [6.07, 6.45) is 5.29. The highest BCUT2D eigenvalue weighted by Crippen LogP contribution is 2.36. The average molecular weight is 394 g/mol. The lowest BCUT2D eigenvalue weighted by Crippen LogP contribution is -2.10. The van der Waals surface area contributed by atoms with E-state index in [1.165, 1.54) is 31.2 Å². The van der Waals surface area contributed by atoms with Crippen molar-refractivity contribution in [3.63, 3.8) is 0 Å². The third-order valence-electron chi connectivity index (χ3n) is 4.65. The van der Waals surface area contributed by atoms with Gasteiger partial charge in [0.15, 0.2) is 0 Å². The van der Waals surface area contributed by atoms with E-state index in [1.807, 2.05) is 34.7 Å². The van der Waals surface area contributed by atoms with E-state index < -0.39 is 0 Å². The monoisotopic (exact) mass is 394 g/mol. The molecule has 2 aromatic carbocycles. The van der Waals surface area contributed by atoms with E-state index in [4.69, 9.17) is 0 Å². The van der Waals surface area contributed by atoms with E-state index in [0.29, 0.717) is 9.49 Å². The molecule has 2 heteroatoms. The van der Waals surface area contributed by atoms with Gasteiger partial charge in [-0.25, -0.2) is 4.39 Å². The molecule has 0 saturated heterocycles. The maximum absolute atomic E-state index is 13.7. The van der Waals surface area contributed by atoms with Crippen LogP contribution < -0.4 is 0 Å². The van der Waals surface area contributed by atoms with E-state index in [-0.39, 0.29) is 5.82 Å². The highest BCUT2D eigenvalue weighted by Gasteiger charge is 2.19. The van der Waals surface area contributed by atoms with Crippen molar-refractivity contribution in [2.45, 2.75) is 38.5 Å². The summed E-state index contributed by atoms with van der Waals surface area (Å²) >= 11 is 2.02. The van der Waals surface area contributed by atoms with Crippen LogP contribution in [0.3, 0.4) is 0 Å². The maximum atomic E-state index is 13.7. The first-order valence-electron chi connectivity index (χ1n) is 7.69. The number of benzene rings is 2. The summed E-state index contributed by atoms with van der Waals surface area (Å²) in [6, 6.07) is 14.2. The highest BCUT2D eigenvalue weighted by atomic mass is 127. The minimum atomic E-state index is -0.140. The largest absolute Gasteiger partial charge is 0.206 e. The van der Waals surface area contributed by atoms with Crippen LogP contribution in [0.15, 0.2) is 42.5 Å². The van der Waals surface area contributed by atoms with Crippen LogP contribution in [0.1, 0.15) is 44.1 Å². The molecule has 1 saturated carbocycles. The molecule has 0 unspecified atom stereocenters. The van der Waals surface area contributed by atoms with Crippen molar-refractivity contribution < 1.29 is 4.39 Å². The van der Waals surface area contributed by atoms with Crippen LogP contribution >= 0.6 is 22.6 Å². The van der Waals surface area contributed by atoms with Crippen molar-refractivity contribution in [3.05, 3.63) is 57.4 Å². The molecular weight excluding hydrogens is 374 g/mol. The van der Waals surface area contributed by atoms with Crippen LogP contribution in [0.4, 0.5) is 4.39 Å². The third kappa shape index (κ3) is 3.47. The summed E-state index contributed by atoms with van der Waals surface area (Å²) in [4.78, 5) is 0. The van der Waals surface area contributed by atoms with E-state index in [0.717, 1.165) is 17.0 Å². The van der Waals surface area contributed by atoms with E-state index in [9.17, 15) is 4.39 Å². The average Bonchev–Trinajstić information content (AvgIpc) is 2.51. The van der Waals surface area contributed by atoms with Gasteiger partial charge in [0, 0.05) is 3.57 Å². The van der Waals surface area contributed by atoms with Gasteiger partial charge in [-0.3, -0.25) is 0 Å². The maximum Gasteiger partial charge on any atom is 0.137 e. The van der Waals surface area contributed by atoms with E-state index in [1.54, 1.807) is 6.07 Å². The van der Waals surface area contributed by atoms with Crippen molar-refractivity contribution in [2.75, 3.05) is 0 Å². The predicted octanol–water partition coefficient (Wildman–Crippen LogP) is 6.39. The van der Waals surface area contributed by atoms with Crippen LogP contribution in [0, 0.1) is 15.3 Å². The Labute approximate surface area is 139 Å². The number of halogens is 2. The van der Waals surface area contributed by atoms with Gasteiger partial charge < -0.3 is 0 Å². The normalized spacial score (nSPS) is 22.2. The Morgan fingerprint density at radius 1 is 0.905 bits per heavy atom.